The zero-order chi connectivity index (χ0) is 10.9. The summed E-state index contributed by atoms with van der Waals surface area (Å²) in [6, 6.07) is 1.30. The second kappa shape index (κ2) is 4.47. The average molecular weight is 378 g/mol. The maximum atomic E-state index is 12.3. The number of aromatic carboxylic acids is 1. The molecule has 3 nitrogen and oxygen atoms in total. The molecule has 0 aliphatic heterocycles. The smallest absolute Gasteiger partial charge is 0.355 e. The standard InChI is InChI=1S/C7H3BrF2INO2/c8-2-1-3(11)5(6(9)10)12-4(2)7(13)14/h1,6H,(H,13,14). The van der Waals surface area contributed by atoms with E-state index in [0.717, 1.165) is 0 Å². The van der Waals surface area contributed by atoms with Crippen LogP contribution in [0.25, 0.3) is 0 Å². The van der Waals surface area contributed by atoms with Crippen LogP contribution in [-0.4, -0.2) is 16.1 Å². The van der Waals surface area contributed by atoms with Gasteiger partial charge in [-0.2, -0.15) is 0 Å². The molecule has 0 saturated carbocycles. The molecule has 0 spiro atoms. The number of carboxylic acid groups (broad SMARTS) is 1. The minimum absolute atomic E-state index is 0.193. The first kappa shape index (κ1) is 11.8. The van der Waals surface area contributed by atoms with Gasteiger partial charge in [-0.3, -0.25) is 0 Å². The van der Waals surface area contributed by atoms with E-state index in [2.05, 4.69) is 20.9 Å². The predicted molar refractivity (Wildman–Crippen MR) is 56.6 cm³/mol. The minimum atomic E-state index is -2.77. The number of hydrogen-bond donors (Lipinski definition) is 1. The molecule has 0 unspecified atom stereocenters. The molecule has 14 heavy (non-hydrogen) atoms. The number of carbonyl (C=O) groups is 1. The highest BCUT2D eigenvalue weighted by atomic mass is 127. The Kier molecular flexibility index (Phi) is 3.76. The topological polar surface area (TPSA) is 50.2 Å². The molecule has 1 aromatic rings. The number of alkyl halides is 2. The molecule has 0 aliphatic carbocycles. The number of pyridine rings is 1. The van der Waals surface area contributed by atoms with Crippen molar-refractivity contribution in [1.29, 1.82) is 0 Å². The SMILES string of the molecule is O=C(O)c1nc(C(F)F)c(I)cc1Br. The van der Waals surface area contributed by atoms with Crippen molar-refractivity contribution >= 4 is 44.5 Å². The number of hydrogen-bond acceptors (Lipinski definition) is 2. The second-order valence-electron chi connectivity index (χ2n) is 2.29. The third kappa shape index (κ3) is 2.38. The highest BCUT2D eigenvalue weighted by Crippen LogP contribution is 2.27. The summed E-state index contributed by atoms with van der Waals surface area (Å²) in [5.74, 6) is -1.34. The summed E-state index contributed by atoms with van der Waals surface area (Å²) in [4.78, 5) is 13.9. The van der Waals surface area contributed by atoms with Crippen LogP contribution in [0, 0.1) is 3.57 Å². The van der Waals surface area contributed by atoms with Gasteiger partial charge >= 0.3 is 5.97 Å². The Morgan fingerprint density at radius 2 is 2.21 bits per heavy atom. The molecule has 0 aromatic carbocycles. The lowest BCUT2D eigenvalue weighted by molar-refractivity contribution is 0.0687. The lowest BCUT2D eigenvalue weighted by Gasteiger charge is -2.05. The van der Waals surface area contributed by atoms with E-state index >= 15 is 0 Å². The van der Waals surface area contributed by atoms with E-state index in [1.165, 1.54) is 6.07 Å². The molecular weight excluding hydrogens is 375 g/mol. The Morgan fingerprint density at radius 1 is 1.64 bits per heavy atom. The Labute approximate surface area is 99.8 Å². The largest absolute Gasteiger partial charge is 0.476 e. The Bertz CT molecular complexity index is 386. The molecule has 0 amide bonds. The molecule has 0 fully saturated rings. The van der Waals surface area contributed by atoms with Gasteiger partial charge in [-0.15, -0.1) is 0 Å². The molecule has 76 valence electrons. The lowest BCUT2D eigenvalue weighted by Crippen LogP contribution is -2.06. The fraction of sp³-hybridized carbons (Fsp3) is 0.143. The zero-order valence-corrected chi connectivity index (χ0v) is 10.2. The number of halogens is 4. The molecule has 1 rings (SSSR count). The van der Waals surface area contributed by atoms with Crippen LogP contribution in [0.4, 0.5) is 8.78 Å². The van der Waals surface area contributed by atoms with E-state index in [0.29, 0.717) is 0 Å². The molecule has 1 aromatic heterocycles. The average Bonchev–Trinajstić information content (AvgIpc) is 2.02. The van der Waals surface area contributed by atoms with E-state index in [1.807, 2.05) is 0 Å². The van der Waals surface area contributed by atoms with Gasteiger partial charge in [0.05, 0.1) is 4.47 Å². The summed E-state index contributed by atoms with van der Waals surface area (Å²) in [5, 5.41) is 8.62. The number of aromatic nitrogens is 1. The van der Waals surface area contributed by atoms with Gasteiger partial charge in [-0.1, -0.05) is 0 Å². The summed E-state index contributed by atoms with van der Waals surface area (Å²) < 4.78 is 25.1. The van der Waals surface area contributed by atoms with Crippen LogP contribution in [0.1, 0.15) is 22.6 Å². The van der Waals surface area contributed by atoms with Crippen molar-refractivity contribution in [3.05, 3.63) is 25.5 Å². The fourth-order valence-electron chi connectivity index (χ4n) is 0.784. The Morgan fingerprint density at radius 3 is 2.64 bits per heavy atom. The second-order valence-corrected chi connectivity index (χ2v) is 4.31. The van der Waals surface area contributed by atoms with Gasteiger partial charge in [0, 0.05) is 3.57 Å². The summed E-state index contributed by atoms with van der Waals surface area (Å²) in [7, 11) is 0. The molecule has 0 atom stereocenters. The van der Waals surface area contributed by atoms with Gasteiger partial charge < -0.3 is 5.11 Å². The van der Waals surface area contributed by atoms with Gasteiger partial charge in [0.2, 0.25) is 0 Å². The van der Waals surface area contributed by atoms with Crippen LogP contribution >= 0.6 is 38.5 Å². The van der Waals surface area contributed by atoms with Crippen molar-refractivity contribution in [1.82, 2.24) is 4.98 Å². The van der Waals surface area contributed by atoms with Gasteiger partial charge in [0.15, 0.2) is 5.69 Å². The maximum absolute atomic E-state index is 12.3. The van der Waals surface area contributed by atoms with Crippen molar-refractivity contribution in [2.75, 3.05) is 0 Å². The quantitative estimate of drug-likeness (QED) is 0.806. The van der Waals surface area contributed by atoms with Crippen LogP contribution in [0.3, 0.4) is 0 Å². The van der Waals surface area contributed by atoms with Crippen LogP contribution in [0.15, 0.2) is 10.5 Å². The van der Waals surface area contributed by atoms with Crippen molar-refractivity contribution in [2.24, 2.45) is 0 Å². The Hall–Kier alpha value is -0.310. The van der Waals surface area contributed by atoms with E-state index in [-0.39, 0.29) is 8.04 Å². The summed E-state index contributed by atoms with van der Waals surface area (Å²) >= 11 is 4.61. The first-order valence-corrected chi connectivity index (χ1v) is 5.18. The van der Waals surface area contributed by atoms with Crippen LogP contribution in [0.5, 0.6) is 0 Å². The normalized spacial score (nSPS) is 10.6. The van der Waals surface area contributed by atoms with Crippen molar-refractivity contribution < 1.29 is 18.7 Å². The summed E-state index contributed by atoms with van der Waals surface area (Å²) in [6.45, 7) is 0. The molecule has 7 heteroatoms. The first-order chi connectivity index (χ1) is 6.43. The first-order valence-electron chi connectivity index (χ1n) is 3.31. The predicted octanol–water partition coefficient (Wildman–Crippen LogP) is 3.08. The highest BCUT2D eigenvalue weighted by molar-refractivity contribution is 14.1. The maximum Gasteiger partial charge on any atom is 0.355 e. The lowest BCUT2D eigenvalue weighted by atomic mass is 10.3. The molecule has 1 heterocycles. The van der Waals surface area contributed by atoms with E-state index in [9.17, 15) is 13.6 Å². The number of nitrogens with zero attached hydrogens (tertiary/aromatic N) is 1. The minimum Gasteiger partial charge on any atom is -0.476 e. The van der Waals surface area contributed by atoms with E-state index in [4.69, 9.17) is 5.11 Å². The van der Waals surface area contributed by atoms with Gasteiger partial charge in [-0.25, -0.2) is 18.6 Å². The van der Waals surface area contributed by atoms with Crippen molar-refractivity contribution in [2.45, 2.75) is 6.43 Å². The van der Waals surface area contributed by atoms with Gasteiger partial charge in [-0.05, 0) is 44.6 Å². The molecule has 1 N–H and O–H groups in total. The van der Waals surface area contributed by atoms with E-state index in [1.54, 1.807) is 22.6 Å². The molecule has 0 bridgehead atoms. The Balaban J connectivity index is 3.34. The monoisotopic (exact) mass is 377 g/mol. The van der Waals surface area contributed by atoms with Crippen LogP contribution in [-0.2, 0) is 0 Å². The van der Waals surface area contributed by atoms with Crippen LogP contribution < -0.4 is 0 Å². The summed E-state index contributed by atoms with van der Waals surface area (Å²) in [5.41, 5.74) is -0.910. The highest BCUT2D eigenvalue weighted by Gasteiger charge is 2.19. The molecule has 0 aliphatic rings. The van der Waals surface area contributed by atoms with Crippen LogP contribution in [0.2, 0.25) is 0 Å². The molecule has 0 radical (unpaired) electrons. The molecule has 0 saturated heterocycles. The third-order valence-corrected chi connectivity index (χ3v) is 2.83. The number of rotatable bonds is 2. The van der Waals surface area contributed by atoms with Gasteiger partial charge in [0.1, 0.15) is 5.69 Å². The van der Waals surface area contributed by atoms with Gasteiger partial charge in [0.25, 0.3) is 6.43 Å². The number of carboxylic acids is 1. The third-order valence-electron chi connectivity index (χ3n) is 1.37. The van der Waals surface area contributed by atoms with Crippen molar-refractivity contribution in [3.63, 3.8) is 0 Å². The fourth-order valence-corrected chi connectivity index (χ4v) is 2.37. The van der Waals surface area contributed by atoms with E-state index < -0.39 is 23.8 Å². The summed E-state index contributed by atoms with van der Waals surface area (Å²) in [6.07, 6.45) is -2.77. The zero-order valence-electron chi connectivity index (χ0n) is 6.47. The van der Waals surface area contributed by atoms with Crippen molar-refractivity contribution in [3.8, 4) is 0 Å². The molecular formula is C7H3BrF2INO2.